The molecule has 0 bridgehead atoms. The zero-order chi connectivity index (χ0) is 15.6. The highest BCUT2D eigenvalue weighted by Gasteiger charge is 2.30. The molecule has 0 fully saturated rings. The molecule has 0 atom stereocenters. The fraction of sp³-hybridized carbons (Fsp3) is 0.278. The average molecular weight is 346 g/mol. The largest absolute Gasteiger partial charge is 0.325 e. The van der Waals surface area contributed by atoms with E-state index in [2.05, 4.69) is 27.3 Å². The lowest BCUT2D eigenvalue weighted by atomic mass is 9.83. The number of hydrogen-bond donors (Lipinski definition) is 1. The van der Waals surface area contributed by atoms with Gasteiger partial charge in [-0.05, 0) is 57.0 Å². The topological polar surface area (TPSA) is 29.1 Å². The quantitative estimate of drug-likeness (QED) is 0.834. The molecule has 110 valence electrons. The van der Waals surface area contributed by atoms with Gasteiger partial charge in [0.2, 0.25) is 5.91 Å². The van der Waals surface area contributed by atoms with Gasteiger partial charge in [-0.15, -0.1) is 0 Å². The molecule has 0 aliphatic carbocycles. The van der Waals surface area contributed by atoms with Crippen LogP contribution in [0.25, 0.3) is 0 Å². The molecular formula is C18H20BrNO. The highest BCUT2D eigenvalue weighted by Crippen LogP contribution is 2.27. The third kappa shape index (κ3) is 3.53. The van der Waals surface area contributed by atoms with Crippen molar-refractivity contribution in [2.45, 2.75) is 33.1 Å². The predicted molar refractivity (Wildman–Crippen MR) is 91.7 cm³/mol. The van der Waals surface area contributed by atoms with Crippen LogP contribution in [-0.4, -0.2) is 5.91 Å². The lowest BCUT2D eigenvalue weighted by Gasteiger charge is -2.25. The predicted octanol–water partition coefficient (Wildman–Crippen LogP) is 4.98. The Kier molecular flexibility index (Phi) is 4.52. The number of aryl methyl sites for hydroxylation is 2. The van der Waals surface area contributed by atoms with Gasteiger partial charge >= 0.3 is 0 Å². The molecule has 0 unspecified atom stereocenters. The van der Waals surface area contributed by atoms with Crippen LogP contribution in [0.2, 0.25) is 0 Å². The third-order valence-electron chi connectivity index (χ3n) is 3.76. The first-order valence-corrected chi connectivity index (χ1v) is 7.75. The van der Waals surface area contributed by atoms with Crippen molar-refractivity contribution in [3.8, 4) is 0 Å². The van der Waals surface area contributed by atoms with Gasteiger partial charge in [-0.2, -0.15) is 0 Å². The van der Waals surface area contributed by atoms with Gasteiger partial charge in [0.15, 0.2) is 0 Å². The zero-order valence-corrected chi connectivity index (χ0v) is 14.4. The summed E-state index contributed by atoms with van der Waals surface area (Å²) in [5, 5.41) is 3.04. The minimum Gasteiger partial charge on any atom is -0.325 e. The molecule has 2 aromatic carbocycles. The van der Waals surface area contributed by atoms with Crippen molar-refractivity contribution in [3.05, 3.63) is 63.6 Å². The van der Waals surface area contributed by atoms with E-state index < -0.39 is 5.41 Å². The maximum absolute atomic E-state index is 12.6. The van der Waals surface area contributed by atoms with Gasteiger partial charge in [0.05, 0.1) is 5.41 Å². The molecule has 0 aliphatic heterocycles. The van der Waals surface area contributed by atoms with Crippen LogP contribution >= 0.6 is 15.9 Å². The molecule has 21 heavy (non-hydrogen) atoms. The summed E-state index contributed by atoms with van der Waals surface area (Å²) in [6.45, 7) is 7.93. The smallest absolute Gasteiger partial charge is 0.234 e. The van der Waals surface area contributed by atoms with Crippen LogP contribution in [0.3, 0.4) is 0 Å². The van der Waals surface area contributed by atoms with Crippen LogP contribution < -0.4 is 5.32 Å². The molecule has 2 rings (SSSR count). The lowest BCUT2D eigenvalue weighted by Crippen LogP contribution is -2.34. The summed E-state index contributed by atoms with van der Waals surface area (Å²) in [5.74, 6) is -0.00299. The van der Waals surface area contributed by atoms with Crippen LogP contribution in [0.4, 0.5) is 5.69 Å². The standard InChI is InChI=1S/C18H20BrNO/c1-12-5-10-16(13(2)11-12)20-17(21)18(3,4)14-6-8-15(19)9-7-14/h5-11H,1-4H3,(H,20,21). The molecule has 0 aliphatic rings. The Morgan fingerprint density at radius 2 is 1.67 bits per heavy atom. The third-order valence-corrected chi connectivity index (χ3v) is 4.29. The number of nitrogens with one attached hydrogen (secondary N) is 1. The van der Waals surface area contributed by atoms with Crippen molar-refractivity contribution in [1.29, 1.82) is 0 Å². The maximum Gasteiger partial charge on any atom is 0.234 e. The first kappa shape index (κ1) is 15.8. The van der Waals surface area contributed by atoms with Crippen molar-refractivity contribution in [3.63, 3.8) is 0 Å². The van der Waals surface area contributed by atoms with Crippen molar-refractivity contribution in [2.75, 3.05) is 5.32 Å². The highest BCUT2D eigenvalue weighted by molar-refractivity contribution is 9.10. The van der Waals surface area contributed by atoms with E-state index in [-0.39, 0.29) is 5.91 Å². The second-order valence-electron chi connectivity index (χ2n) is 5.90. The number of anilines is 1. The number of amides is 1. The lowest BCUT2D eigenvalue weighted by molar-refractivity contribution is -0.120. The van der Waals surface area contributed by atoms with Crippen LogP contribution in [0.1, 0.15) is 30.5 Å². The molecule has 1 N–H and O–H groups in total. The van der Waals surface area contributed by atoms with Crippen LogP contribution in [0.15, 0.2) is 46.9 Å². The Hall–Kier alpha value is -1.61. The minimum absolute atomic E-state index is 0.00299. The summed E-state index contributed by atoms with van der Waals surface area (Å²) >= 11 is 3.42. The number of carbonyl (C=O) groups is 1. The molecule has 1 amide bonds. The first-order valence-electron chi connectivity index (χ1n) is 6.95. The molecule has 0 heterocycles. The molecular weight excluding hydrogens is 326 g/mol. The van der Waals surface area contributed by atoms with E-state index in [0.29, 0.717) is 0 Å². The molecule has 0 saturated carbocycles. The van der Waals surface area contributed by atoms with E-state index in [1.807, 2.05) is 64.1 Å². The summed E-state index contributed by atoms with van der Waals surface area (Å²) in [6.07, 6.45) is 0. The van der Waals surface area contributed by atoms with Gasteiger partial charge in [0, 0.05) is 10.2 Å². The zero-order valence-electron chi connectivity index (χ0n) is 12.8. The molecule has 0 spiro atoms. The SMILES string of the molecule is Cc1ccc(NC(=O)C(C)(C)c2ccc(Br)cc2)c(C)c1. The van der Waals surface area contributed by atoms with Gasteiger partial charge in [-0.3, -0.25) is 4.79 Å². The van der Waals surface area contributed by atoms with E-state index in [4.69, 9.17) is 0 Å². The monoisotopic (exact) mass is 345 g/mol. The fourth-order valence-corrected chi connectivity index (χ4v) is 2.49. The van der Waals surface area contributed by atoms with Crippen molar-refractivity contribution < 1.29 is 4.79 Å². The highest BCUT2D eigenvalue weighted by atomic mass is 79.9. The second-order valence-corrected chi connectivity index (χ2v) is 6.82. The van der Waals surface area contributed by atoms with E-state index in [9.17, 15) is 4.79 Å². The van der Waals surface area contributed by atoms with Crippen molar-refractivity contribution in [1.82, 2.24) is 0 Å². The van der Waals surface area contributed by atoms with Gasteiger partial charge in [-0.1, -0.05) is 45.8 Å². The normalized spacial score (nSPS) is 11.3. The first-order chi connectivity index (χ1) is 9.80. The van der Waals surface area contributed by atoms with Crippen LogP contribution in [0, 0.1) is 13.8 Å². The Bertz CT molecular complexity index is 659. The van der Waals surface area contributed by atoms with Gasteiger partial charge in [-0.25, -0.2) is 0 Å². The van der Waals surface area contributed by atoms with Gasteiger partial charge in [0.25, 0.3) is 0 Å². The van der Waals surface area contributed by atoms with Crippen molar-refractivity contribution in [2.24, 2.45) is 0 Å². The number of carbonyl (C=O) groups excluding carboxylic acids is 1. The maximum atomic E-state index is 12.6. The Morgan fingerprint density at radius 1 is 1.05 bits per heavy atom. The number of hydrogen-bond acceptors (Lipinski definition) is 1. The van der Waals surface area contributed by atoms with Gasteiger partial charge in [0.1, 0.15) is 0 Å². The molecule has 3 heteroatoms. The average Bonchev–Trinajstić information content (AvgIpc) is 2.42. The summed E-state index contributed by atoms with van der Waals surface area (Å²) in [6, 6.07) is 13.9. The summed E-state index contributed by atoms with van der Waals surface area (Å²) in [5.41, 5.74) is 3.55. The molecule has 2 aromatic rings. The minimum atomic E-state index is -0.585. The second kappa shape index (κ2) is 6.02. The van der Waals surface area contributed by atoms with Crippen LogP contribution in [-0.2, 0) is 10.2 Å². The number of rotatable bonds is 3. The number of benzene rings is 2. The number of halogens is 1. The summed E-state index contributed by atoms with van der Waals surface area (Å²) in [7, 11) is 0. The molecule has 0 aromatic heterocycles. The van der Waals surface area contributed by atoms with E-state index in [1.54, 1.807) is 0 Å². The van der Waals surface area contributed by atoms with Crippen LogP contribution in [0.5, 0.6) is 0 Å². The molecule has 2 nitrogen and oxygen atoms in total. The van der Waals surface area contributed by atoms with E-state index >= 15 is 0 Å². The molecule has 0 saturated heterocycles. The van der Waals surface area contributed by atoms with E-state index in [0.717, 1.165) is 21.3 Å². The Labute approximate surface area is 134 Å². The van der Waals surface area contributed by atoms with Crippen molar-refractivity contribution >= 4 is 27.5 Å². The fourth-order valence-electron chi connectivity index (χ4n) is 2.23. The Balaban J connectivity index is 2.24. The summed E-state index contributed by atoms with van der Waals surface area (Å²) < 4.78 is 1.01. The van der Waals surface area contributed by atoms with E-state index in [1.165, 1.54) is 5.56 Å². The van der Waals surface area contributed by atoms with Gasteiger partial charge < -0.3 is 5.32 Å². The summed E-state index contributed by atoms with van der Waals surface area (Å²) in [4.78, 5) is 12.6. The molecule has 0 radical (unpaired) electrons. The Morgan fingerprint density at radius 3 is 2.24 bits per heavy atom.